The lowest BCUT2D eigenvalue weighted by molar-refractivity contribution is -0.142. The third kappa shape index (κ3) is 8.16. The molecule has 0 fully saturated rings. The number of rotatable bonds is 15. The molecular formula is C29H41N7O5. The van der Waals surface area contributed by atoms with E-state index in [4.69, 9.17) is 5.73 Å². The molecule has 2 aromatic heterocycles. The first kappa shape index (κ1) is 31.3. The first-order valence-corrected chi connectivity index (χ1v) is 14.0. The van der Waals surface area contributed by atoms with Gasteiger partial charge in [0.15, 0.2) is 0 Å². The molecule has 0 aliphatic heterocycles. The van der Waals surface area contributed by atoms with E-state index in [9.17, 15) is 24.3 Å². The number of imidazole rings is 1. The van der Waals surface area contributed by atoms with Gasteiger partial charge in [0.2, 0.25) is 17.7 Å². The number of nitrogens with one attached hydrogen (secondary N) is 5. The standard InChI is InChI=1S/C29H41N7O5/c1-5-16(3)24(30)27(38)34-22(12-19-14-31-15-33-19)26(37)36-25(17(4)6-2)28(39)35-23(29(40)41)11-18-13-32-21-10-8-7-9-20(18)21/h7-10,13-17,22-25,32H,5-6,11-12,30H2,1-4H3,(H,31,33)(H,34,38)(H,35,39)(H,36,37)(H,40,41). The monoisotopic (exact) mass is 567 g/mol. The minimum absolute atomic E-state index is 0.0538. The lowest BCUT2D eigenvalue weighted by Crippen LogP contribution is -2.59. The Bertz CT molecular complexity index is 1320. The Morgan fingerprint density at radius 2 is 1.59 bits per heavy atom. The number of aromatic amines is 2. The predicted molar refractivity (Wildman–Crippen MR) is 155 cm³/mol. The fourth-order valence-electron chi connectivity index (χ4n) is 4.54. The van der Waals surface area contributed by atoms with Crippen LogP contribution in [0, 0.1) is 11.8 Å². The molecule has 222 valence electrons. The topological polar surface area (TPSA) is 195 Å². The molecule has 41 heavy (non-hydrogen) atoms. The molecule has 3 rings (SSSR count). The van der Waals surface area contributed by atoms with Crippen molar-refractivity contribution in [1.29, 1.82) is 0 Å². The highest BCUT2D eigenvalue weighted by Crippen LogP contribution is 2.19. The molecule has 12 nitrogen and oxygen atoms in total. The predicted octanol–water partition coefficient (Wildman–Crippen LogP) is 1.63. The number of para-hydroxylation sites is 1. The molecule has 2 heterocycles. The van der Waals surface area contributed by atoms with E-state index >= 15 is 0 Å². The highest BCUT2D eigenvalue weighted by molar-refractivity contribution is 5.94. The molecule has 0 spiro atoms. The third-order valence-electron chi connectivity index (χ3n) is 7.68. The molecule has 0 bridgehead atoms. The zero-order chi connectivity index (χ0) is 30.1. The number of nitrogens with two attached hydrogens (primary N) is 1. The number of H-pyrrole nitrogens is 2. The van der Waals surface area contributed by atoms with Gasteiger partial charge >= 0.3 is 5.97 Å². The summed E-state index contributed by atoms with van der Waals surface area (Å²) in [6.07, 6.45) is 6.11. The molecule has 6 unspecified atom stereocenters. The van der Waals surface area contributed by atoms with E-state index in [0.29, 0.717) is 18.5 Å². The number of hydrogen-bond acceptors (Lipinski definition) is 6. The van der Waals surface area contributed by atoms with E-state index < -0.39 is 47.9 Å². The average molecular weight is 568 g/mol. The van der Waals surface area contributed by atoms with Gasteiger partial charge in [0.1, 0.15) is 18.1 Å². The van der Waals surface area contributed by atoms with Crippen molar-refractivity contribution in [3.63, 3.8) is 0 Å². The van der Waals surface area contributed by atoms with Crippen molar-refractivity contribution in [2.75, 3.05) is 0 Å². The van der Waals surface area contributed by atoms with Gasteiger partial charge in [-0.05, 0) is 23.5 Å². The lowest BCUT2D eigenvalue weighted by Gasteiger charge is -2.28. The maximum Gasteiger partial charge on any atom is 0.326 e. The van der Waals surface area contributed by atoms with Crippen LogP contribution in [0.4, 0.5) is 0 Å². The van der Waals surface area contributed by atoms with Gasteiger partial charge in [0, 0.05) is 41.8 Å². The van der Waals surface area contributed by atoms with Crippen LogP contribution in [0.5, 0.6) is 0 Å². The van der Waals surface area contributed by atoms with Crippen LogP contribution in [-0.4, -0.2) is 67.9 Å². The third-order valence-corrected chi connectivity index (χ3v) is 7.68. The number of carboxylic acid groups (broad SMARTS) is 1. The van der Waals surface area contributed by atoms with E-state index in [1.807, 2.05) is 45.0 Å². The van der Waals surface area contributed by atoms with Gasteiger partial charge in [-0.3, -0.25) is 14.4 Å². The second-order valence-corrected chi connectivity index (χ2v) is 10.6. The van der Waals surface area contributed by atoms with Crippen LogP contribution in [0.3, 0.4) is 0 Å². The second-order valence-electron chi connectivity index (χ2n) is 10.6. The molecule has 6 atom stereocenters. The maximum atomic E-state index is 13.5. The van der Waals surface area contributed by atoms with Gasteiger partial charge in [-0.2, -0.15) is 0 Å². The Morgan fingerprint density at radius 3 is 2.22 bits per heavy atom. The molecule has 0 aliphatic carbocycles. The fourth-order valence-corrected chi connectivity index (χ4v) is 4.54. The van der Waals surface area contributed by atoms with Gasteiger partial charge in [-0.1, -0.05) is 58.7 Å². The fraction of sp³-hybridized carbons (Fsp3) is 0.483. The van der Waals surface area contributed by atoms with Gasteiger partial charge in [-0.25, -0.2) is 9.78 Å². The Hall–Kier alpha value is -4.19. The molecule has 0 saturated carbocycles. The highest BCUT2D eigenvalue weighted by atomic mass is 16.4. The number of carboxylic acids is 1. The SMILES string of the molecule is CCC(C)C(N)C(=O)NC(Cc1cnc[nH]1)C(=O)NC(C(=O)NC(Cc1c[nH]c2ccccc12)C(=O)O)C(C)CC. The van der Waals surface area contributed by atoms with Gasteiger partial charge in [0.25, 0.3) is 0 Å². The van der Waals surface area contributed by atoms with E-state index in [2.05, 4.69) is 30.9 Å². The molecule has 0 radical (unpaired) electrons. The number of nitrogens with zero attached hydrogens (tertiary/aromatic N) is 1. The molecule has 1 aromatic carbocycles. The van der Waals surface area contributed by atoms with Crippen molar-refractivity contribution in [1.82, 2.24) is 30.9 Å². The van der Waals surface area contributed by atoms with Crippen LogP contribution < -0.4 is 21.7 Å². The maximum absolute atomic E-state index is 13.5. The molecule has 0 saturated heterocycles. The number of carbonyl (C=O) groups is 4. The number of aliphatic carboxylic acids is 1. The number of amides is 3. The number of hydrogen-bond donors (Lipinski definition) is 7. The average Bonchev–Trinajstić information content (AvgIpc) is 3.63. The molecule has 12 heteroatoms. The van der Waals surface area contributed by atoms with Crippen LogP contribution in [0.2, 0.25) is 0 Å². The van der Waals surface area contributed by atoms with Crippen molar-refractivity contribution >= 4 is 34.6 Å². The second kappa shape index (κ2) is 14.4. The zero-order valence-corrected chi connectivity index (χ0v) is 23.9. The van der Waals surface area contributed by atoms with E-state index in [1.54, 1.807) is 19.3 Å². The van der Waals surface area contributed by atoms with Crippen molar-refractivity contribution in [3.05, 3.63) is 54.2 Å². The minimum Gasteiger partial charge on any atom is -0.480 e. The van der Waals surface area contributed by atoms with E-state index in [0.717, 1.165) is 16.5 Å². The zero-order valence-electron chi connectivity index (χ0n) is 23.9. The Kier molecular flexibility index (Phi) is 11.0. The van der Waals surface area contributed by atoms with E-state index in [1.165, 1.54) is 6.33 Å². The number of benzene rings is 1. The molecule has 3 aromatic rings. The Balaban J connectivity index is 1.78. The Labute approximate surface area is 239 Å². The largest absolute Gasteiger partial charge is 0.480 e. The van der Waals surface area contributed by atoms with Crippen LogP contribution in [0.1, 0.15) is 51.8 Å². The Morgan fingerprint density at radius 1 is 0.902 bits per heavy atom. The van der Waals surface area contributed by atoms with Crippen molar-refractivity contribution in [2.24, 2.45) is 17.6 Å². The minimum atomic E-state index is -1.22. The van der Waals surface area contributed by atoms with E-state index in [-0.39, 0.29) is 24.7 Å². The van der Waals surface area contributed by atoms with Crippen molar-refractivity contribution in [3.8, 4) is 0 Å². The molecule has 3 amide bonds. The molecular weight excluding hydrogens is 526 g/mol. The summed E-state index contributed by atoms with van der Waals surface area (Å²) < 4.78 is 0. The summed E-state index contributed by atoms with van der Waals surface area (Å²) in [5.41, 5.74) is 8.32. The summed E-state index contributed by atoms with van der Waals surface area (Å²) in [6.45, 7) is 7.44. The molecule has 8 N–H and O–H groups in total. The summed E-state index contributed by atoms with van der Waals surface area (Å²) in [6, 6.07) is 3.38. The normalized spacial score (nSPS) is 15.7. The summed E-state index contributed by atoms with van der Waals surface area (Å²) >= 11 is 0. The van der Waals surface area contributed by atoms with Crippen LogP contribution in [0.15, 0.2) is 43.0 Å². The van der Waals surface area contributed by atoms with Gasteiger partial charge in [0.05, 0.1) is 12.4 Å². The lowest BCUT2D eigenvalue weighted by atomic mass is 9.96. The smallest absolute Gasteiger partial charge is 0.326 e. The highest BCUT2D eigenvalue weighted by Gasteiger charge is 2.33. The first-order chi connectivity index (χ1) is 19.5. The number of carbonyl (C=O) groups excluding carboxylic acids is 3. The van der Waals surface area contributed by atoms with Gasteiger partial charge in [-0.15, -0.1) is 0 Å². The summed E-state index contributed by atoms with van der Waals surface area (Å²) in [4.78, 5) is 62.0. The number of aromatic nitrogens is 3. The summed E-state index contributed by atoms with van der Waals surface area (Å²) in [7, 11) is 0. The van der Waals surface area contributed by atoms with Crippen LogP contribution in [-0.2, 0) is 32.0 Å². The summed E-state index contributed by atoms with van der Waals surface area (Å²) in [5.74, 6) is -3.31. The van der Waals surface area contributed by atoms with Crippen LogP contribution in [0.25, 0.3) is 10.9 Å². The number of fused-ring (bicyclic) bond motifs is 1. The van der Waals surface area contributed by atoms with Crippen molar-refractivity contribution in [2.45, 2.75) is 77.5 Å². The first-order valence-electron chi connectivity index (χ1n) is 14.0. The van der Waals surface area contributed by atoms with Gasteiger partial charge < -0.3 is 36.8 Å². The van der Waals surface area contributed by atoms with Crippen LogP contribution >= 0.6 is 0 Å². The quantitative estimate of drug-likeness (QED) is 0.145. The summed E-state index contributed by atoms with van der Waals surface area (Å²) in [5, 5.41) is 18.9. The van der Waals surface area contributed by atoms with Crippen molar-refractivity contribution < 1.29 is 24.3 Å². The molecule has 0 aliphatic rings.